The summed E-state index contributed by atoms with van der Waals surface area (Å²) >= 11 is 1.26. The van der Waals surface area contributed by atoms with Gasteiger partial charge < -0.3 is 15.2 Å². The summed E-state index contributed by atoms with van der Waals surface area (Å²) in [5.41, 5.74) is 1.28. The topological polar surface area (TPSA) is 58.6 Å². The molecule has 2 unspecified atom stereocenters. The first-order chi connectivity index (χ1) is 10.6. The quantitative estimate of drug-likeness (QED) is 0.893. The van der Waals surface area contributed by atoms with E-state index in [0.29, 0.717) is 16.3 Å². The van der Waals surface area contributed by atoms with Crippen molar-refractivity contribution in [2.45, 2.75) is 16.2 Å². The zero-order valence-corrected chi connectivity index (χ0v) is 12.6. The highest BCUT2D eigenvalue weighted by molar-refractivity contribution is 7.99. The van der Waals surface area contributed by atoms with Gasteiger partial charge in [-0.05, 0) is 35.9 Å². The molecular formula is C16H14FNO3S. The lowest BCUT2D eigenvalue weighted by Gasteiger charge is -2.19. The Morgan fingerprint density at radius 1 is 1.23 bits per heavy atom. The van der Waals surface area contributed by atoms with Crippen molar-refractivity contribution < 1.29 is 19.0 Å². The molecule has 0 fully saturated rings. The van der Waals surface area contributed by atoms with E-state index in [4.69, 9.17) is 4.74 Å². The van der Waals surface area contributed by atoms with E-state index in [1.807, 2.05) is 0 Å². The standard InChI is InChI=1S/C16H14FNO3S/c1-21-11-5-2-9(3-6-11)15-14(19)16(20)18-12-7-4-10(17)8-13(12)22-15/h2-8,14-15,19H,1H3,(H,18,20). The summed E-state index contributed by atoms with van der Waals surface area (Å²) in [6.45, 7) is 0. The van der Waals surface area contributed by atoms with E-state index in [1.165, 1.54) is 30.0 Å². The van der Waals surface area contributed by atoms with Crippen molar-refractivity contribution in [3.63, 3.8) is 0 Å². The van der Waals surface area contributed by atoms with Crippen molar-refractivity contribution in [1.29, 1.82) is 0 Å². The Morgan fingerprint density at radius 3 is 2.64 bits per heavy atom. The number of aliphatic hydroxyl groups excluding tert-OH is 1. The molecule has 0 saturated carbocycles. The first kappa shape index (κ1) is 14.9. The second-order valence-corrected chi connectivity index (χ2v) is 6.07. The number of ether oxygens (including phenoxy) is 1. The van der Waals surface area contributed by atoms with Crippen molar-refractivity contribution in [3.8, 4) is 5.75 Å². The molecule has 6 heteroatoms. The van der Waals surface area contributed by atoms with E-state index in [9.17, 15) is 14.3 Å². The number of thioether (sulfide) groups is 1. The Morgan fingerprint density at radius 2 is 1.95 bits per heavy atom. The van der Waals surface area contributed by atoms with Gasteiger partial charge >= 0.3 is 0 Å². The van der Waals surface area contributed by atoms with E-state index in [1.54, 1.807) is 31.4 Å². The van der Waals surface area contributed by atoms with E-state index in [-0.39, 0.29) is 5.82 Å². The molecule has 0 aliphatic carbocycles. The van der Waals surface area contributed by atoms with Gasteiger partial charge in [-0.25, -0.2) is 4.39 Å². The first-order valence-electron chi connectivity index (χ1n) is 6.67. The molecule has 0 bridgehead atoms. The minimum absolute atomic E-state index is 0.384. The Bertz CT molecular complexity index is 705. The van der Waals surface area contributed by atoms with Crippen molar-refractivity contribution in [3.05, 3.63) is 53.8 Å². The largest absolute Gasteiger partial charge is 0.497 e. The third kappa shape index (κ3) is 2.80. The SMILES string of the molecule is COc1ccc(C2Sc3cc(F)ccc3NC(=O)C2O)cc1. The van der Waals surface area contributed by atoms with Crippen LogP contribution in [-0.4, -0.2) is 24.2 Å². The summed E-state index contributed by atoms with van der Waals surface area (Å²) in [6.07, 6.45) is -1.23. The van der Waals surface area contributed by atoms with Gasteiger partial charge in [-0.15, -0.1) is 11.8 Å². The maximum Gasteiger partial charge on any atom is 0.254 e. The molecule has 0 saturated heterocycles. The number of rotatable bonds is 2. The Hall–Kier alpha value is -2.05. The molecule has 1 aliphatic rings. The van der Waals surface area contributed by atoms with Gasteiger partial charge in [0.1, 0.15) is 17.7 Å². The molecule has 0 radical (unpaired) electrons. The summed E-state index contributed by atoms with van der Waals surface area (Å²) in [4.78, 5) is 12.7. The van der Waals surface area contributed by atoms with Crippen LogP contribution in [0.2, 0.25) is 0 Å². The van der Waals surface area contributed by atoms with Crippen molar-refractivity contribution in [2.75, 3.05) is 12.4 Å². The molecule has 0 aromatic heterocycles. The van der Waals surface area contributed by atoms with Gasteiger partial charge in [0.15, 0.2) is 0 Å². The van der Waals surface area contributed by atoms with Crippen molar-refractivity contribution >= 4 is 23.4 Å². The molecule has 1 aliphatic heterocycles. The number of nitrogens with one attached hydrogen (secondary N) is 1. The van der Waals surface area contributed by atoms with Crippen LogP contribution in [-0.2, 0) is 4.79 Å². The Balaban J connectivity index is 2.00. The number of hydrogen-bond donors (Lipinski definition) is 2. The zero-order valence-electron chi connectivity index (χ0n) is 11.7. The van der Waals surface area contributed by atoms with Crippen LogP contribution in [0, 0.1) is 5.82 Å². The van der Waals surface area contributed by atoms with Crippen LogP contribution in [0.1, 0.15) is 10.8 Å². The van der Waals surface area contributed by atoms with E-state index in [2.05, 4.69) is 5.32 Å². The predicted octanol–water partition coefficient (Wildman–Crippen LogP) is 2.98. The fourth-order valence-corrected chi connectivity index (χ4v) is 3.53. The average Bonchev–Trinajstić information content (AvgIpc) is 2.65. The number of benzene rings is 2. The number of aliphatic hydroxyl groups is 1. The third-order valence-electron chi connectivity index (χ3n) is 3.46. The molecule has 22 heavy (non-hydrogen) atoms. The zero-order chi connectivity index (χ0) is 15.7. The minimum atomic E-state index is -1.23. The van der Waals surface area contributed by atoms with Gasteiger partial charge in [-0.1, -0.05) is 12.1 Å². The number of methoxy groups -OCH3 is 1. The van der Waals surface area contributed by atoms with Gasteiger partial charge in [-0.2, -0.15) is 0 Å². The molecule has 1 heterocycles. The smallest absolute Gasteiger partial charge is 0.254 e. The Kier molecular flexibility index (Phi) is 4.04. The number of carbonyl (C=O) groups is 1. The maximum absolute atomic E-state index is 13.4. The van der Waals surface area contributed by atoms with Crippen LogP contribution < -0.4 is 10.1 Å². The Labute approximate surface area is 131 Å². The van der Waals surface area contributed by atoms with Gasteiger partial charge in [0.05, 0.1) is 18.0 Å². The summed E-state index contributed by atoms with van der Waals surface area (Å²) < 4.78 is 18.5. The highest BCUT2D eigenvalue weighted by Gasteiger charge is 2.32. The second kappa shape index (κ2) is 5.98. The van der Waals surface area contributed by atoms with Crippen LogP contribution in [0.15, 0.2) is 47.4 Å². The lowest BCUT2D eigenvalue weighted by molar-refractivity contribution is -0.124. The normalized spacial score (nSPS) is 20.8. The molecule has 4 nitrogen and oxygen atoms in total. The number of fused-ring (bicyclic) bond motifs is 1. The van der Waals surface area contributed by atoms with Gasteiger partial charge in [0, 0.05) is 4.90 Å². The predicted molar refractivity (Wildman–Crippen MR) is 82.6 cm³/mol. The minimum Gasteiger partial charge on any atom is -0.497 e. The number of halogens is 1. The fourth-order valence-electron chi connectivity index (χ4n) is 2.29. The molecule has 2 N–H and O–H groups in total. The van der Waals surface area contributed by atoms with E-state index in [0.717, 1.165) is 5.56 Å². The van der Waals surface area contributed by atoms with E-state index < -0.39 is 17.3 Å². The summed E-state index contributed by atoms with van der Waals surface area (Å²) in [5.74, 6) is -0.197. The lowest BCUT2D eigenvalue weighted by Crippen LogP contribution is -2.30. The third-order valence-corrected chi connectivity index (χ3v) is 4.83. The average molecular weight is 319 g/mol. The first-order valence-corrected chi connectivity index (χ1v) is 7.55. The number of amides is 1. The number of hydrogen-bond acceptors (Lipinski definition) is 4. The monoisotopic (exact) mass is 319 g/mol. The van der Waals surface area contributed by atoms with Crippen LogP contribution in [0.3, 0.4) is 0 Å². The van der Waals surface area contributed by atoms with Gasteiger partial charge in [0.25, 0.3) is 5.91 Å². The number of carbonyl (C=O) groups excluding carboxylic acids is 1. The van der Waals surface area contributed by atoms with Crippen molar-refractivity contribution in [1.82, 2.24) is 0 Å². The molecule has 0 spiro atoms. The lowest BCUT2D eigenvalue weighted by atomic mass is 10.1. The fraction of sp³-hybridized carbons (Fsp3) is 0.188. The summed E-state index contributed by atoms with van der Waals surface area (Å²) in [5, 5.41) is 12.4. The van der Waals surface area contributed by atoms with Crippen LogP contribution in [0.5, 0.6) is 5.75 Å². The molecule has 1 amide bonds. The maximum atomic E-state index is 13.4. The summed E-state index contributed by atoms with van der Waals surface area (Å²) in [6, 6.07) is 11.2. The molecule has 114 valence electrons. The highest BCUT2D eigenvalue weighted by Crippen LogP contribution is 2.44. The second-order valence-electron chi connectivity index (χ2n) is 4.89. The van der Waals surface area contributed by atoms with Crippen LogP contribution in [0.25, 0.3) is 0 Å². The van der Waals surface area contributed by atoms with Gasteiger partial charge in [-0.3, -0.25) is 4.79 Å². The molecule has 3 rings (SSSR count). The molecule has 2 aromatic carbocycles. The van der Waals surface area contributed by atoms with Crippen molar-refractivity contribution in [2.24, 2.45) is 0 Å². The molecular weight excluding hydrogens is 305 g/mol. The highest BCUT2D eigenvalue weighted by atomic mass is 32.2. The van der Waals surface area contributed by atoms with Crippen LogP contribution >= 0.6 is 11.8 Å². The summed E-state index contributed by atoms with van der Waals surface area (Å²) in [7, 11) is 1.57. The van der Waals surface area contributed by atoms with E-state index >= 15 is 0 Å². The van der Waals surface area contributed by atoms with Gasteiger partial charge in [0.2, 0.25) is 0 Å². The molecule has 2 aromatic rings. The van der Waals surface area contributed by atoms with Crippen LogP contribution in [0.4, 0.5) is 10.1 Å². The number of anilines is 1. The molecule has 2 atom stereocenters.